The van der Waals surface area contributed by atoms with Gasteiger partial charge in [0.25, 0.3) is 0 Å². The van der Waals surface area contributed by atoms with E-state index in [0.29, 0.717) is 19.5 Å². The molecule has 1 aromatic heterocycles. The summed E-state index contributed by atoms with van der Waals surface area (Å²) in [7, 11) is 0. The highest BCUT2D eigenvalue weighted by Crippen LogP contribution is 2.28. The minimum absolute atomic E-state index is 0.000713. The van der Waals surface area contributed by atoms with E-state index in [-0.39, 0.29) is 12.5 Å². The second-order valence-corrected chi connectivity index (χ2v) is 7.49. The van der Waals surface area contributed by atoms with Gasteiger partial charge < -0.3 is 9.84 Å². The third-order valence-electron chi connectivity index (χ3n) is 3.73. The molecule has 128 valence electrons. The summed E-state index contributed by atoms with van der Waals surface area (Å²) >= 11 is 3.40. The molecule has 23 heavy (non-hydrogen) atoms. The highest BCUT2D eigenvalue weighted by molar-refractivity contribution is 9.10. The zero-order valence-electron chi connectivity index (χ0n) is 13.8. The maximum Gasteiger partial charge on any atom is 0.410 e. The van der Waals surface area contributed by atoms with Gasteiger partial charge in [-0.1, -0.05) is 0 Å². The number of nitrogens with zero attached hydrogens (tertiary/aromatic N) is 3. The van der Waals surface area contributed by atoms with Crippen molar-refractivity contribution in [2.75, 3.05) is 0 Å². The lowest BCUT2D eigenvalue weighted by atomic mass is 10.1. The van der Waals surface area contributed by atoms with Gasteiger partial charge in [0.1, 0.15) is 10.2 Å². The number of aromatic nitrogens is 2. The van der Waals surface area contributed by atoms with Crippen molar-refractivity contribution < 1.29 is 19.4 Å². The molecule has 0 saturated heterocycles. The highest BCUT2D eigenvalue weighted by atomic mass is 79.9. The molecule has 8 heteroatoms. The normalized spacial score (nSPS) is 17.8. The monoisotopic (exact) mass is 387 g/mol. The lowest BCUT2D eigenvalue weighted by molar-refractivity contribution is -0.137. The molecular weight excluding hydrogens is 366 g/mol. The Labute approximate surface area is 143 Å². The topological polar surface area (TPSA) is 84.7 Å². The van der Waals surface area contributed by atoms with E-state index in [0.717, 1.165) is 15.9 Å². The zero-order chi connectivity index (χ0) is 17.4. The molecule has 1 atom stereocenters. The number of carboxylic acid groups (broad SMARTS) is 1. The minimum Gasteiger partial charge on any atom is -0.481 e. The summed E-state index contributed by atoms with van der Waals surface area (Å²) in [5.74, 6) is -0.877. The molecule has 1 N–H and O–H groups in total. The number of amides is 1. The first-order valence-corrected chi connectivity index (χ1v) is 8.31. The van der Waals surface area contributed by atoms with Crippen LogP contribution in [0.2, 0.25) is 0 Å². The molecule has 0 fully saturated rings. The number of hydrogen-bond donors (Lipinski definition) is 1. The Balaban J connectivity index is 2.25. The zero-order valence-corrected chi connectivity index (χ0v) is 15.4. The predicted octanol–water partition coefficient (Wildman–Crippen LogP) is 2.94. The van der Waals surface area contributed by atoms with Crippen LogP contribution < -0.4 is 0 Å². The van der Waals surface area contributed by atoms with Gasteiger partial charge in [-0.25, -0.2) is 4.79 Å². The van der Waals surface area contributed by atoms with Gasteiger partial charge in [-0.2, -0.15) is 5.10 Å². The third kappa shape index (κ3) is 4.25. The molecule has 0 unspecified atom stereocenters. The number of carbonyl (C=O) groups excluding carboxylic acids is 1. The molecule has 1 aliphatic rings. The molecule has 0 aliphatic carbocycles. The lowest BCUT2D eigenvalue weighted by Crippen LogP contribution is -2.48. The van der Waals surface area contributed by atoms with Gasteiger partial charge in [0.15, 0.2) is 0 Å². The highest BCUT2D eigenvalue weighted by Gasteiger charge is 2.34. The van der Waals surface area contributed by atoms with Crippen LogP contribution >= 0.6 is 15.9 Å². The molecule has 2 rings (SSSR count). The quantitative estimate of drug-likeness (QED) is 0.861. The van der Waals surface area contributed by atoms with Crippen molar-refractivity contribution in [2.24, 2.45) is 0 Å². The standard InChI is InChI=1S/C15H22BrN3O4/c1-9-11-8-18(14(22)23-15(2,3)4)10(5-6-12(20)21)7-19(11)17-13(9)16/h10H,5-8H2,1-4H3,(H,20,21)/t10-/m0/s1. The van der Waals surface area contributed by atoms with Crippen LogP contribution in [-0.4, -0.2) is 43.5 Å². The first kappa shape index (κ1) is 17.8. The summed E-state index contributed by atoms with van der Waals surface area (Å²) in [4.78, 5) is 25.0. The summed E-state index contributed by atoms with van der Waals surface area (Å²) < 4.78 is 8.06. The summed E-state index contributed by atoms with van der Waals surface area (Å²) in [5.41, 5.74) is 1.33. The molecule has 2 heterocycles. The Kier molecular flexibility index (Phi) is 5.03. The summed E-state index contributed by atoms with van der Waals surface area (Å²) in [6.45, 7) is 8.21. The van der Waals surface area contributed by atoms with Crippen molar-refractivity contribution in [3.63, 3.8) is 0 Å². The van der Waals surface area contributed by atoms with Gasteiger partial charge in [0.2, 0.25) is 0 Å². The molecule has 0 spiro atoms. The average molecular weight is 388 g/mol. The fraction of sp³-hybridized carbons (Fsp3) is 0.667. The first-order chi connectivity index (χ1) is 10.6. The number of hydrogen-bond acceptors (Lipinski definition) is 4. The van der Waals surface area contributed by atoms with Crippen LogP contribution in [0.25, 0.3) is 0 Å². The van der Waals surface area contributed by atoms with E-state index in [2.05, 4.69) is 21.0 Å². The number of carboxylic acids is 1. The van der Waals surface area contributed by atoms with Gasteiger partial charge in [-0.15, -0.1) is 0 Å². The fourth-order valence-corrected chi connectivity index (χ4v) is 2.99. The number of halogens is 1. The van der Waals surface area contributed by atoms with E-state index in [1.54, 1.807) is 4.90 Å². The van der Waals surface area contributed by atoms with Gasteiger partial charge in [-0.3, -0.25) is 14.4 Å². The fourth-order valence-electron chi connectivity index (χ4n) is 2.57. The van der Waals surface area contributed by atoms with Gasteiger partial charge in [-0.05, 0) is 50.0 Å². The Morgan fingerprint density at radius 3 is 2.65 bits per heavy atom. The Morgan fingerprint density at radius 1 is 1.43 bits per heavy atom. The molecule has 1 aromatic rings. The van der Waals surface area contributed by atoms with E-state index < -0.39 is 17.7 Å². The van der Waals surface area contributed by atoms with Crippen LogP contribution in [0, 0.1) is 6.92 Å². The van der Waals surface area contributed by atoms with Crippen LogP contribution in [0.15, 0.2) is 4.60 Å². The summed E-state index contributed by atoms with van der Waals surface area (Å²) in [5, 5.41) is 13.3. The third-order valence-corrected chi connectivity index (χ3v) is 4.48. The van der Waals surface area contributed by atoms with E-state index in [4.69, 9.17) is 9.84 Å². The van der Waals surface area contributed by atoms with Crippen molar-refractivity contribution in [3.8, 4) is 0 Å². The minimum atomic E-state index is -0.877. The number of rotatable bonds is 3. The van der Waals surface area contributed by atoms with E-state index >= 15 is 0 Å². The summed E-state index contributed by atoms with van der Waals surface area (Å²) in [6.07, 6.45) is -0.0542. The molecule has 0 aromatic carbocycles. The predicted molar refractivity (Wildman–Crippen MR) is 87.1 cm³/mol. The average Bonchev–Trinajstić information content (AvgIpc) is 2.68. The Bertz CT molecular complexity index is 621. The molecule has 1 amide bonds. The summed E-state index contributed by atoms with van der Waals surface area (Å²) in [6, 6.07) is -0.250. The molecule has 7 nitrogen and oxygen atoms in total. The number of carbonyl (C=O) groups is 2. The molecule has 1 aliphatic heterocycles. The first-order valence-electron chi connectivity index (χ1n) is 7.51. The van der Waals surface area contributed by atoms with Crippen molar-refractivity contribution in [3.05, 3.63) is 15.9 Å². The van der Waals surface area contributed by atoms with Crippen molar-refractivity contribution >= 4 is 28.0 Å². The largest absolute Gasteiger partial charge is 0.481 e. The smallest absolute Gasteiger partial charge is 0.410 e. The van der Waals surface area contributed by atoms with Crippen LogP contribution in [0.1, 0.15) is 44.9 Å². The molecule has 0 radical (unpaired) electrons. The van der Waals surface area contributed by atoms with E-state index in [9.17, 15) is 9.59 Å². The lowest BCUT2D eigenvalue weighted by Gasteiger charge is -2.37. The van der Waals surface area contributed by atoms with Crippen molar-refractivity contribution in [1.29, 1.82) is 0 Å². The Hall–Kier alpha value is -1.57. The number of fused-ring (bicyclic) bond motifs is 1. The maximum atomic E-state index is 12.5. The van der Waals surface area contributed by atoms with Gasteiger partial charge in [0.05, 0.1) is 24.8 Å². The molecule has 0 saturated carbocycles. The van der Waals surface area contributed by atoms with Crippen LogP contribution in [-0.2, 0) is 22.6 Å². The second-order valence-electron chi connectivity index (χ2n) is 6.74. The van der Waals surface area contributed by atoms with Crippen molar-refractivity contribution in [1.82, 2.24) is 14.7 Å². The van der Waals surface area contributed by atoms with E-state index in [1.165, 1.54) is 0 Å². The van der Waals surface area contributed by atoms with Gasteiger partial charge in [0, 0.05) is 12.0 Å². The van der Waals surface area contributed by atoms with E-state index in [1.807, 2.05) is 32.4 Å². The Morgan fingerprint density at radius 2 is 2.09 bits per heavy atom. The second kappa shape index (κ2) is 6.51. The maximum absolute atomic E-state index is 12.5. The number of ether oxygens (including phenoxy) is 1. The van der Waals surface area contributed by atoms with Crippen LogP contribution in [0.5, 0.6) is 0 Å². The molecule has 0 bridgehead atoms. The number of aliphatic carboxylic acids is 1. The van der Waals surface area contributed by atoms with Crippen LogP contribution in [0.3, 0.4) is 0 Å². The molecular formula is C15H22BrN3O4. The SMILES string of the molecule is Cc1c(Br)nn2c1CN(C(=O)OC(C)(C)C)[C@@H](CCC(=O)O)C2. The van der Waals surface area contributed by atoms with Crippen molar-refractivity contribution in [2.45, 2.75) is 65.3 Å². The van der Waals surface area contributed by atoms with Gasteiger partial charge >= 0.3 is 12.1 Å². The van der Waals surface area contributed by atoms with Crippen LogP contribution in [0.4, 0.5) is 4.79 Å².